The van der Waals surface area contributed by atoms with E-state index in [0.29, 0.717) is 21.6 Å². The van der Waals surface area contributed by atoms with E-state index in [4.69, 9.17) is 29.6 Å². The topological polar surface area (TPSA) is 61.8 Å². The summed E-state index contributed by atoms with van der Waals surface area (Å²) < 4.78 is 0.504. The van der Waals surface area contributed by atoms with Gasteiger partial charge in [0, 0.05) is 17.1 Å². The highest BCUT2D eigenvalue weighted by Gasteiger charge is 2.17. The zero-order valence-electron chi connectivity index (χ0n) is 11.5. The molecule has 0 aliphatic carbocycles. The Morgan fingerprint density at radius 1 is 1.55 bits per heavy atom. The summed E-state index contributed by atoms with van der Waals surface area (Å²) in [5.41, 5.74) is 6.12. The van der Waals surface area contributed by atoms with Crippen LogP contribution < -0.4 is 5.73 Å². The molecule has 0 aliphatic rings. The van der Waals surface area contributed by atoms with E-state index in [1.165, 1.54) is 11.2 Å². The van der Waals surface area contributed by atoms with Gasteiger partial charge in [0.15, 0.2) is 5.11 Å². The van der Waals surface area contributed by atoms with Crippen molar-refractivity contribution in [3.8, 4) is 5.75 Å². The van der Waals surface area contributed by atoms with Crippen LogP contribution in [0.2, 0.25) is 5.02 Å². The van der Waals surface area contributed by atoms with Crippen molar-refractivity contribution in [2.24, 2.45) is 16.3 Å². The van der Waals surface area contributed by atoms with E-state index in [1.54, 1.807) is 12.1 Å². The second kappa shape index (κ2) is 6.74. The number of hydrogen-bond donors (Lipinski definition) is 2. The van der Waals surface area contributed by atoms with Gasteiger partial charge in [-0.1, -0.05) is 32.4 Å². The Hall–Kier alpha value is -0.850. The minimum Gasteiger partial charge on any atom is -0.506 e. The maximum Gasteiger partial charge on any atom is 0.186 e. The van der Waals surface area contributed by atoms with Gasteiger partial charge in [-0.05, 0) is 45.7 Å². The smallest absolute Gasteiger partial charge is 0.186 e. The molecular weight excluding hydrogens is 362 g/mol. The second-order valence-electron chi connectivity index (χ2n) is 5.53. The molecule has 0 unspecified atom stereocenters. The van der Waals surface area contributed by atoms with Gasteiger partial charge in [0.25, 0.3) is 0 Å². The maximum atomic E-state index is 9.93. The van der Waals surface area contributed by atoms with Crippen molar-refractivity contribution >= 4 is 51.1 Å². The van der Waals surface area contributed by atoms with Crippen molar-refractivity contribution in [1.82, 2.24) is 5.01 Å². The van der Waals surface area contributed by atoms with Crippen molar-refractivity contribution < 1.29 is 5.11 Å². The molecule has 0 bridgehead atoms. The number of nitrogens with zero attached hydrogens (tertiary/aromatic N) is 2. The first kappa shape index (κ1) is 17.2. The van der Waals surface area contributed by atoms with Gasteiger partial charge in [0.1, 0.15) is 5.75 Å². The molecule has 0 radical (unpaired) electrons. The monoisotopic (exact) mass is 377 g/mol. The summed E-state index contributed by atoms with van der Waals surface area (Å²) in [5, 5.41) is 16.3. The molecule has 0 spiro atoms. The molecule has 0 saturated heterocycles. The first-order valence-corrected chi connectivity index (χ1v) is 7.47. The summed E-state index contributed by atoms with van der Waals surface area (Å²) in [5.74, 6) is 0.0665. The fraction of sp³-hybridized carbons (Fsp3) is 0.385. The van der Waals surface area contributed by atoms with Crippen molar-refractivity contribution in [1.29, 1.82) is 0 Å². The van der Waals surface area contributed by atoms with Gasteiger partial charge in [-0.25, -0.2) is 5.01 Å². The summed E-state index contributed by atoms with van der Waals surface area (Å²) in [6.07, 6.45) is 1.48. The van der Waals surface area contributed by atoms with E-state index >= 15 is 0 Å². The van der Waals surface area contributed by atoms with E-state index in [2.05, 4.69) is 41.8 Å². The highest BCUT2D eigenvalue weighted by molar-refractivity contribution is 9.10. The number of hydrazone groups is 1. The number of rotatable bonds is 3. The van der Waals surface area contributed by atoms with Crippen LogP contribution in [0.25, 0.3) is 0 Å². The Balaban J connectivity index is 3.02. The van der Waals surface area contributed by atoms with E-state index < -0.39 is 0 Å². The molecule has 1 rings (SSSR count). The van der Waals surface area contributed by atoms with E-state index in [0.717, 1.165) is 0 Å². The van der Waals surface area contributed by atoms with Gasteiger partial charge in [-0.15, -0.1) is 0 Å². The van der Waals surface area contributed by atoms with Crippen LogP contribution in [0.15, 0.2) is 21.7 Å². The third-order valence-corrected chi connectivity index (χ3v) is 3.31. The van der Waals surface area contributed by atoms with Crippen LogP contribution in [-0.2, 0) is 0 Å². The fourth-order valence-electron chi connectivity index (χ4n) is 1.44. The number of thiocarbonyl (C=S) groups is 1. The van der Waals surface area contributed by atoms with Gasteiger partial charge < -0.3 is 10.8 Å². The largest absolute Gasteiger partial charge is 0.506 e. The first-order chi connectivity index (χ1) is 9.10. The molecule has 0 atom stereocenters. The van der Waals surface area contributed by atoms with Crippen molar-refractivity contribution in [3.63, 3.8) is 0 Å². The van der Waals surface area contributed by atoms with Crippen molar-refractivity contribution in [2.45, 2.75) is 20.8 Å². The predicted molar refractivity (Wildman–Crippen MR) is 91.4 cm³/mol. The van der Waals surface area contributed by atoms with Crippen LogP contribution in [-0.4, -0.2) is 28.0 Å². The molecule has 110 valence electrons. The van der Waals surface area contributed by atoms with Gasteiger partial charge in [0.2, 0.25) is 0 Å². The average Bonchev–Trinajstić information content (AvgIpc) is 2.28. The zero-order valence-corrected chi connectivity index (χ0v) is 14.7. The standard InChI is InChI=1S/C13H17BrClN3OS/c1-13(2,3)7-18(12(16)20)17-6-8-4-9(15)5-10(14)11(8)19/h4-6,19H,7H2,1-3H3,(H2,16,20)/b17-6+. The predicted octanol–water partition coefficient (Wildman–Crippen LogP) is 3.73. The van der Waals surface area contributed by atoms with E-state index in [-0.39, 0.29) is 16.3 Å². The molecule has 1 aromatic carbocycles. The minimum atomic E-state index is -0.0161. The Labute approximate surface area is 137 Å². The van der Waals surface area contributed by atoms with Crippen LogP contribution in [0.1, 0.15) is 26.3 Å². The number of benzene rings is 1. The number of halogens is 2. The maximum absolute atomic E-state index is 9.93. The summed E-state index contributed by atoms with van der Waals surface area (Å²) in [7, 11) is 0. The molecule has 0 aliphatic heterocycles. The zero-order chi connectivity index (χ0) is 15.5. The third-order valence-electron chi connectivity index (χ3n) is 2.27. The third kappa shape index (κ3) is 5.26. The van der Waals surface area contributed by atoms with Gasteiger partial charge >= 0.3 is 0 Å². The average molecular weight is 379 g/mol. The van der Waals surface area contributed by atoms with Crippen LogP contribution in [0.3, 0.4) is 0 Å². The summed E-state index contributed by atoms with van der Waals surface area (Å²) in [6.45, 7) is 6.74. The van der Waals surface area contributed by atoms with Gasteiger partial charge in [0.05, 0.1) is 10.7 Å². The molecule has 0 heterocycles. The molecule has 0 amide bonds. The highest BCUT2D eigenvalue weighted by atomic mass is 79.9. The minimum absolute atomic E-state index is 0.0161. The fourth-order valence-corrected chi connectivity index (χ4v) is 2.39. The Morgan fingerprint density at radius 2 is 2.15 bits per heavy atom. The molecule has 3 N–H and O–H groups in total. The summed E-state index contributed by atoms with van der Waals surface area (Å²) in [6, 6.07) is 3.22. The highest BCUT2D eigenvalue weighted by Crippen LogP contribution is 2.30. The van der Waals surface area contributed by atoms with Gasteiger partial charge in [-0.3, -0.25) is 0 Å². The first-order valence-electron chi connectivity index (χ1n) is 5.89. The summed E-state index contributed by atoms with van der Waals surface area (Å²) in [4.78, 5) is 0. The number of phenols is 1. The molecule has 7 heteroatoms. The van der Waals surface area contributed by atoms with E-state index in [9.17, 15) is 5.11 Å². The quantitative estimate of drug-likeness (QED) is 0.478. The molecule has 1 aromatic rings. The number of aromatic hydroxyl groups is 1. The Morgan fingerprint density at radius 3 is 2.65 bits per heavy atom. The number of phenolic OH excluding ortho intramolecular Hbond substituents is 1. The van der Waals surface area contributed by atoms with Crippen LogP contribution in [0.5, 0.6) is 5.75 Å². The molecule has 0 aromatic heterocycles. The molecule has 0 saturated carbocycles. The van der Waals surface area contributed by atoms with Gasteiger partial charge in [-0.2, -0.15) is 5.10 Å². The molecule has 0 fully saturated rings. The van der Waals surface area contributed by atoms with E-state index in [1.807, 2.05) is 0 Å². The van der Waals surface area contributed by atoms with Crippen LogP contribution in [0, 0.1) is 5.41 Å². The Kier molecular flexibility index (Phi) is 5.79. The van der Waals surface area contributed by atoms with Crippen LogP contribution >= 0.6 is 39.7 Å². The van der Waals surface area contributed by atoms with Crippen molar-refractivity contribution in [2.75, 3.05) is 6.54 Å². The number of nitrogens with two attached hydrogens (primary N) is 1. The molecule has 20 heavy (non-hydrogen) atoms. The SMILES string of the molecule is CC(C)(C)CN(/N=C/c1cc(Cl)cc(Br)c1O)C(N)=S. The second-order valence-corrected chi connectivity index (χ2v) is 7.24. The summed E-state index contributed by atoms with van der Waals surface area (Å²) >= 11 is 14.1. The lowest BCUT2D eigenvalue weighted by atomic mass is 9.97. The lowest BCUT2D eigenvalue weighted by molar-refractivity contribution is 0.285. The van der Waals surface area contributed by atoms with Crippen LogP contribution in [0.4, 0.5) is 0 Å². The molecule has 4 nitrogen and oxygen atoms in total. The normalized spacial score (nSPS) is 11.8. The molecular formula is C13H17BrClN3OS. The lowest BCUT2D eigenvalue weighted by Crippen LogP contribution is -2.37. The van der Waals surface area contributed by atoms with Crippen molar-refractivity contribution in [3.05, 3.63) is 27.2 Å². The Bertz CT molecular complexity index is 543. The lowest BCUT2D eigenvalue weighted by Gasteiger charge is -2.26. The number of hydrogen-bond acceptors (Lipinski definition) is 3.